The highest BCUT2D eigenvalue weighted by Crippen LogP contribution is 2.30. The van der Waals surface area contributed by atoms with E-state index in [0.29, 0.717) is 18.5 Å². The van der Waals surface area contributed by atoms with Crippen molar-refractivity contribution in [3.05, 3.63) is 65.2 Å². The number of nitrogens with zero attached hydrogens (tertiary/aromatic N) is 3. The van der Waals surface area contributed by atoms with Crippen LogP contribution in [-0.2, 0) is 22.7 Å². The molecule has 0 aliphatic carbocycles. The smallest absolute Gasteiger partial charge is 0.255 e. The lowest BCUT2D eigenvalue weighted by atomic mass is 10.0. The number of amides is 3. The van der Waals surface area contributed by atoms with Gasteiger partial charge in [-0.2, -0.15) is 0 Å². The van der Waals surface area contributed by atoms with Gasteiger partial charge in [0.1, 0.15) is 6.04 Å². The van der Waals surface area contributed by atoms with Gasteiger partial charge in [0.2, 0.25) is 11.8 Å². The number of para-hydroxylation sites is 1. The van der Waals surface area contributed by atoms with Gasteiger partial charge in [0.05, 0.1) is 0 Å². The number of imide groups is 1. The van der Waals surface area contributed by atoms with E-state index in [-0.39, 0.29) is 24.1 Å². The van der Waals surface area contributed by atoms with E-state index in [1.54, 1.807) is 4.90 Å². The number of rotatable bonds is 4. The Morgan fingerprint density at radius 2 is 1.68 bits per heavy atom. The maximum Gasteiger partial charge on any atom is 0.255 e. The number of fused-ring (bicyclic) bond motifs is 1. The molecule has 3 aliphatic rings. The van der Waals surface area contributed by atoms with Crippen molar-refractivity contribution >= 4 is 23.4 Å². The lowest BCUT2D eigenvalue weighted by Gasteiger charge is -2.36. The van der Waals surface area contributed by atoms with Gasteiger partial charge in [-0.1, -0.05) is 30.3 Å². The van der Waals surface area contributed by atoms with Crippen molar-refractivity contribution in [2.75, 3.05) is 31.1 Å². The topological polar surface area (TPSA) is 73.0 Å². The molecule has 7 heteroatoms. The lowest BCUT2D eigenvalue weighted by molar-refractivity contribution is -0.136. The SMILES string of the molecule is O=C1CCC(N2Cc3c(CN4CCN(c5ccccc5)CC4)cccc3C2=O)C(=O)N1. The number of piperidine rings is 1. The van der Waals surface area contributed by atoms with Gasteiger partial charge in [0, 0.05) is 56.9 Å². The van der Waals surface area contributed by atoms with Crippen LogP contribution in [0.1, 0.15) is 34.3 Å². The summed E-state index contributed by atoms with van der Waals surface area (Å²) in [5.74, 6) is -0.739. The quantitative estimate of drug-likeness (QED) is 0.767. The number of anilines is 1. The van der Waals surface area contributed by atoms with E-state index >= 15 is 0 Å². The van der Waals surface area contributed by atoms with Crippen LogP contribution in [0.25, 0.3) is 0 Å². The fourth-order valence-electron chi connectivity index (χ4n) is 4.84. The normalized spacial score (nSPS) is 21.9. The lowest BCUT2D eigenvalue weighted by Crippen LogP contribution is -2.52. The van der Waals surface area contributed by atoms with E-state index in [9.17, 15) is 14.4 Å². The summed E-state index contributed by atoms with van der Waals surface area (Å²) >= 11 is 0. The van der Waals surface area contributed by atoms with Gasteiger partial charge in [-0.05, 0) is 35.7 Å². The van der Waals surface area contributed by atoms with Gasteiger partial charge in [0.15, 0.2) is 0 Å². The Kier molecular flexibility index (Phi) is 5.19. The Hall–Kier alpha value is -3.19. The Bertz CT molecular complexity index is 1010. The fraction of sp³-hybridized carbons (Fsp3) is 0.375. The second-order valence-corrected chi connectivity index (χ2v) is 8.44. The average Bonchev–Trinajstić information content (AvgIpc) is 3.12. The van der Waals surface area contributed by atoms with Gasteiger partial charge in [-0.3, -0.25) is 24.6 Å². The summed E-state index contributed by atoms with van der Waals surface area (Å²) in [6.07, 6.45) is 0.663. The molecule has 0 bridgehead atoms. The Morgan fingerprint density at radius 3 is 2.42 bits per heavy atom. The van der Waals surface area contributed by atoms with Crippen LogP contribution in [0.3, 0.4) is 0 Å². The molecule has 3 aliphatic heterocycles. The van der Waals surface area contributed by atoms with Gasteiger partial charge in [-0.15, -0.1) is 0 Å². The van der Waals surface area contributed by atoms with Crippen molar-refractivity contribution in [1.29, 1.82) is 0 Å². The van der Waals surface area contributed by atoms with E-state index in [2.05, 4.69) is 45.4 Å². The fourth-order valence-corrected chi connectivity index (χ4v) is 4.84. The summed E-state index contributed by atoms with van der Waals surface area (Å²) in [7, 11) is 0. The molecule has 1 atom stereocenters. The first kappa shape index (κ1) is 19.8. The predicted octanol–water partition coefficient (Wildman–Crippen LogP) is 1.77. The highest BCUT2D eigenvalue weighted by molar-refractivity contribution is 6.05. The maximum absolute atomic E-state index is 13.0. The monoisotopic (exact) mass is 418 g/mol. The van der Waals surface area contributed by atoms with Gasteiger partial charge in [-0.25, -0.2) is 0 Å². The third kappa shape index (κ3) is 3.81. The van der Waals surface area contributed by atoms with Crippen LogP contribution < -0.4 is 10.2 Å². The summed E-state index contributed by atoms with van der Waals surface area (Å²) in [4.78, 5) is 43.2. The van der Waals surface area contributed by atoms with E-state index in [1.165, 1.54) is 5.69 Å². The number of carbonyl (C=O) groups excluding carboxylic acids is 3. The van der Waals surface area contributed by atoms with E-state index in [4.69, 9.17) is 0 Å². The van der Waals surface area contributed by atoms with Crippen molar-refractivity contribution in [3.63, 3.8) is 0 Å². The molecule has 160 valence electrons. The summed E-state index contributed by atoms with van der Waals surface area (Å²) in [5.41, 5.74) is 4.11. The summed E-state index contributed by atoms with van der Waals surface area (Å²) in [5, 5.41) is 2.37. The molecule has 2 aromatic rings. The molecule has 1 unspecified atom stereocenters. The number of piperazine rings is 1. The predicted molar refractivity (Wildman–Crippen MR) is 116 cm³/mol. The number of nitrogens with one attached hydrogen (secondary N) is 1. The summed E-state index contributed by atoms with van der Waals surface area (Å²) < 4.78 is 0. The molecule has 0 saturated carbocycles. The molecular formula is C24H26N4O3. The first-order valence-electron chi connectivity index (χ1n) is 10.9. The second-order valence-electron chi connectivity index (χ2n) is 8.44. The van der Waals surface area contributed by atoms with Crippen LogP contribution in [0.5, 0.6) is 0 Å². The minimum absolute atomic E-state index is 0.111. The van der Waals surface area contributed by atoms with Crippen LogP contribution in [0.4, 0.5) is 5.69 Å². The van der Waals surface area contributed by atoms with Gasteiger partial charge in [0.25, 0.3) is 5.91 Å². The van der Waals surface area contributed by atoms with Gasteiger partial charge >= 0.3 is 0 Å². The minimum atomic E-state index is -0.570. The van der Waals surface area contributed by atoms with Crippen LogP contribution in [0, 0.1) is 0 Å². The first-order chi connectivity index (χ1) is 15.1. The largest absolute Gasteiger partial charge is 0.369 e. The Morgan fingerprint density at radius 1 is 0.903 bits per heavy atom. The van der Waals surface area contributed by atoms with Crippen molar-refractivity contribution in [2.24, 2.45) is 0 Å². The molecule has 0 radical (unpaired) electrons. The highest BCUT2D eigenvalue weighted by Gasteiger charge is 2.39. The number of hydrogen-bond acceptors (Lipinski definition) is 5. The minimum Gasteiger partial charge on any atom is -0.369 e. The van der Waals surface area contributed by atoms with Crippen molar-refractivity contribution in [1.82, 2.24) is 15.1 Å². The average molecular weight is 418 g/mol. The molecule has 2 fully saturated rings. The Labute approximate surface area is 181 Å². The number of benzene rings is 2. The van der Waals surface area contributed by atoms with Gasteiger partial charge < -0.3 is 9.80 Å². The van der Waals surface area contributed by atoms with Crippen LogP contribution in [-0.4, -0.2) is 59.7 Å². The number of carbonyl (C=O) groups is 3. The molecule has 1 N–H and O–H groups in total. The van der Waals surface area contributed by atoms with E-state index in [0.717, 1.165) is 43.9 Å². The number of hydrogen-bond donors (Lipinski definition) is 1. The van der Waals surface area contributed by atoms with Crippen LogP contribution in [0.2, 0.25) is 0 Å². The molecule has 31 heavy (non-hydrogen) atoms. The zero-order valence-corrected chi connectivity index (χ0v) is 17.4. The third-order valence-electron chi connectivity index (χ3n) is 6.57. The Balaban J connectivity index is 1.27. The maximum atomic E-state index is 13.0. The zero-order valence-electron chi connectivity index (χ0n) is 17.4. The van der Waals surface area contributed by atoms with Crippen LogP contribution >= 0.6 is 0 Å². The van der Waals surface area contributed by atoms with E-state index < -0.39 is 6.04 Å². The molecule has 3 heterocycles. The molecule has 5 rings (SSSR count). The zero-order chi connectivity index (χ0) is 21.4. The van der Waals surface area contributed by atoms with Crippen molar-refractivity contribution in [3.8, 4) is 0 Å². The van der Waals surface area contributed by atoms with Crippen molar-refractivity contribution < 1.29 is 14.4 Å². The molecule has 2 aromatic carbocycles. The summed E-state index contributed by atoms with van der Waals surface area (Å²) in [6, 6.07) is 15.8. The molecule has 0 spiro atoms. The first-order valence-corrected chi connectivity index (χ1v) is 10.9. The standard InChI is InChI=1S/C24H26N4O3/c29-22-10-9-21(23(30)25-22)28-16-20-17(5-4-8-19(20)24(28)31)15-26-11-13-27(14-12-26)18-6-2-1-3-7-18/h1-8,21H,9-16H2,(H,25,29,30). The van der Waals surface area contributed by atoms with E-state index in [1.807, 2.05) is 18.2 Å². The molecule has 2 saturated heterocycles. The molecule has 7 nitrogen and oxygen atoms in total. The van der Waals surface area contributed by atoms with Crippen LogP contribution in [0.15, 0.2) is 48.5 Å². The highest BCUT2D eigenvalue weighted by atomic mass is 16.2. The van der Waals surface area contributed by atoms with Crippen molar-refractivity contribution in [2.45, 2.75) is 32.0 Å². The second kappa shape index (κ2) is 8.15. The molecule has 0 aromatic heterocycles. The third-order valence-corrected chi connectivity index (χ3v) is 6.57. The molecule has 3 amide bonds. The molecular weight excluding hydrogens is 392 g/mol. The summed E-state index contributed by atoms with van der Waals surface area (Å²) in [6.45, 7) is 5.09.